The number of aryl methyl sites for hydroxylation is 1. The number of likely N-dealkylation sites (tertiary alicyclic amines) is 1. The van der Waals surface area contributed by atoms with E-state index in [9.17, 15) is 4.79 Å². The molecule has 0 bridgehead atoms. The standard InChI is InChI=1S/C16H23ClN2O/c1-11-6-4-9-14(17)16(11)18-15(20)10-19-12(2)7-5-8-13(19)3/h4,6,9,12-13H,5,7-8,10H2,1-3H3,(H,18,20)/t12-,13+. The molecular weight excluding hydrogens is 272 g/mol. The fraction of sp³-hybridized carbons (Fsp3) is 0.562. The Morgan fingerprint density at radius 1 is 1.35 bits per heavy atom. The summed E-state index contributed by atoms with van der Waals surface area (Å²) in [5, 5.41) is 3.55. The fourth-order valence-electron chi connectivity index (χ4n) is 2.92. The van der Waals surface area contributed by atoms with E-state index in [1.54, 1.807) is 6.07 Å². The van der Waals surface area contributed by atoms with Gasteiger partial charge in [-0.2, -0.15) is 0 Å². The van der Waals surface area contributed by atoms with Gasteiger partial charge in [0.15, 0.2) is 0 Å². The molecule has 1 aromatic carbocycles. The van der Waals surface area contributed by atoms with Crippen LogP contribution in [0.5, 0.6) is 0 Å². The second-order valence-electron chi connectivity index (χ2n) is 5.78. The fourth-order valence-corrected chi connectivity index (χ4v) is 3.19. The van der Waals surface area contributed by atoms with Gasteiger partial charge in [-0.15, -0.1) is 0 Å². The zero-order chi connectivity index (χ0) is 14.7. The van der Waals surface area contributed by atoms with Gasteiger partial charge in [-0.1, -0.05) is 30.2 Å². The van der Waals surface area contributed by atoms with Crippen molar-refractivity contribution in [3.05, 3.63) is 28.8 Å². The molecule has 0 saturated carbocycles. The number of hydrogen-bond donors (Lipinski definition) is 1. The molecule has 1 saturated heterocycles. The van der Waals surface area contributed by atoms with Crippen molar-refractivity contribution in [2.45, 2.75) is 52.1 Å². The Morgan fingerprint density at radius 2 is 2.00 bits per heavy atom. The number of benzene rings is 1. The number of nitrogens with zero attached hydrogens (tertiary/aromatic N) is 1. The molecule has 0 radical (unpaired) electrons. The van der Waals surface area contributed by atoms with Gasteiger partial charge in [-0.25, -0.2) is 0 Å². The molecular formula is C16H23ClN2O. The molecule has 1 N–H and O–H groups in total. The average Bonchev–Trinajstić information content (AvgIpc) is 2.39. The van der Waals surface area contributed by atoms with Gasteiger partial charge in [-0.3, -0.25) is 9.69 Å². The predicted octanol–water partition coefficient (Wildman–Crippen LogP) is 3.85. The van der Waals surface area contributed by atoms with Crippen molar-refractivity contribution in [3.63, 3.8) is 0 Å². The first-order valence-electron chi connectivity index (χ1n) is 7.29. The van der Waals surface area contributed by atoms with E-state index < -0.39 is 0 Å². The van der Waals surface area contributed by atoms with E-state index >= 15 is 0 Å². The van der Waals surface area contributed by atoms with E-state index in [0.717, 1.165) is 11.3 Å². The highest BCUT2D eigenvalue weighted by Gasteiger charge is 2.26. The van der Waals surface area contributed by atoms with E-state index in [0.29, 0.717) is 23.7 Å². The molecule has 1 aliphatic rings. The summed E-state index contributed by atoms with van der Waals surface area (Å²) in [6.07, 6.45) is 3.59. The average molecular weight is 295 g/mol. The van der Waals surface area contributed by atoms with Crippen LogP contribution in [0, 0.1) is 6.92 Å². The third-order valence-corrected chi connectivity index (χ3v) is 4.50. The number of halogens is 1. The van der Waals surface area contributed by atoms with Crippen LogP contribution < -0.4 is 5.32 Å². The molecule has 20 heavy (non-hydrogen) atoms. The van der Waals surface area contributed by atoms with Crippen LogP contribution in [0.25, 0.3) is 0 Å². The molecule has 2 rings (SSSR count). The van der Waals surface area contributed by atoms with E-state index in [4.69, 9.17) is 11.6 Å². The molecule has 0 unspecified atom stereocenters. The maximum absolute atomic E-state index is 12.3. The lowest BCUT2D eigenvalue weighted by atomic mass is 9.97. The number of rotatable bonds is 3. The maximum atomic E-state index is 12.3. The van der Waals surface area contributed by atoms with Crippen molar-refractivity contribution in [2.75, 3.05) is 11.9 Å². The Hall–Kier alpha value is -1.06. The number of carbonyl (C=O) groups excluding carboxylic acids is 1. The summed E-state index contributed by atoms with van der Waals surface area (Å²) in [5.41, 5.74) is 1.72. The van der Waals surface area contributed by atoms with Gasteiger partial charge in [0.25, 0.3) is 0 Å². The van der Waals surface area contributed by atoms with Gasteiger partial charge >= 0.3 is 0 Å². The van der Waals surface area contributed by atoms with Crippen LogP contribution in [0.3, 0.4) is 0 Å². The van der Waals surface area contributed by atoms with E-state index in [-0.39, 0.29) is 5.91 Å². The summed E-state index contributed by atoms with van der Waals surface area (Å²) in [6.45, 7) is 6.79. The molecule has 0 aromatic heterocycles. The van der Waals surface area contributed by atoms with Gasteiger partial charge in [0.2, 0.25) is 5.91 Å². The van der Waals surface area contributed by atoms with Crippen molar-refractivity contribution in [2.24, 2.45) is 0 Å². The van der Waals surface area contributed by atoms with Gasteiger partial charge < -0.3 is 5.32 Å². The first-order valence-corrected chi connectivity index (χ1v) is 7.67. The van der Waals surface area contributed by atoms with Crippen molar-refractivity contribution < 1.29 is 4.79 Å². The minimum atomic E-state index is 0.0156. The van der Waals surface area contributed by atoms with Crippen molar-refractivity contribution >= 4 is 23.2 Å². The third-order valence-electron chi connectivity index (χ3n) is 4.19. The van der Waals surface area contributed by atoms with E-state index in [1.807, 2.05) is 19.1 Å². The number of hydrogen-bond acceptors (Lipinski definition) is 2. The summed E-state index contributed by atoms with van der Waals surface area (Å²) in [7, 11) is 0. The third kappa shape index (κ3) is 3.53. The molecule has 1 aromatic rings. The van der Waals surface area contributed by atoms with E-state index in [1.165, 1.54) is 19.3 Å². The highest BCUT2D eigenvalue weighted by atomic mass is 35.5. The van der Waals surface area contributed by atoms with Gasteiger partial charge in [0.05, 0.1) is 17.3 Å². The lowest BCUT2D eigenvalue weighted by molar-refractivity contribution is -0.118. The lowest BCUT2D eigenvalue weighted by Crippen LogP contribution is -2.47. The molecule has 1 fully saturated rings. The van der Waals surface area contributed by atoms with Gasteiger partial charge in [0, 0.05) is 12.1 Å². The molecule has 1 heterocycles. The number of anilines is 1. The smallest absolute Gasteiger partial charge is 0.238 e. The second-order valence-corrected chi connectivity index (χ2v) is 6.19. The van der Waals surface area contributed by atoms with Crippen molar-refractivity contribution in [1.29, 1.82) is 0 Å². The topological polar surface area (TPSA) is 32.3 Å². The Labute approximate surface area is 126 Å². The predicted molar refractivity (Wildman–Crippen MR) is 84.3 cm³/mol. The van der Waals surface area contributed by atoms with Crippen molar-refractivity contribution in [1.82, 2.24) is 4.90 Å². The number of piperidine rings is 1. The number of para-hydroxylation sites is 1. The summed E-state index contributed by atoms with van der Waals surface area (Å²) < 4.78 is 0. The summed E-state index contributed by atoms with van der Waals surface area (Å²) >= 11 is 6.15. The number of amides is 1. The van der Waals surface area contributed by atoms with Crippen LogP contribution >= 0.6 is 11.6 Å². The normalized spacial score (nSPS) is 23.6. The Balaban J connectivity index is 2.02. The molecule has 0 spiro atoms. The van der Waals surface area contributed by atoms with Gasteiger partial charge in [0.1, 0.15) is 0 Å². The van der Waals surface area contributed by atoms with Gasteiger partial charge in [-0.05, 0) is 45.2 Å². The molecule has 1 aliphatic heterocycles. The number of carbonyl (C=O) groups is 1. The Morgan fingerprint density at radius 3 is 2.60 bits per heavy atom. The van der Waals surface area contributed by atoms with Crippen LogP contribution in [0.2, 0.25) is 5.02 Å². The summed E-state index contributed by atoms with van der Waals surface area (Å²) in [6, 6.07) is 6.58. The molecule has 0 aliphatic carbocycles. The largest absolute Gasteiger partial charge is 0.323 e. The Bertz CT molecular complexity index is 459. The maximum Gasteiger partial charge on any atom is 0.238 e. The SMILES string of the molecule is Cc1cccc(Cl)c1NC(=O)CN1[C@H](C)CCC[C@@H]1C. The molecule has 3 nitrogen and oxygen atoms in total. The summed E-state index contributed by atoms with van der Waals surface area (Å²) in [4.78, 5) is 14.5. The molecule has 1 amide bonds. The van der Waals surface area contributed by atoms with Crippen LogP contribution in [0.4, 0.5) is 5.69 Å². The minimum absolute atomic E-state index is 0.0156. The van der Waals surface area contributed by atoms with Crippen LogP contribution in [-0.4, -0.2) is 29.4 Å². The zero-order valence-electron chi connectivity index (χ0n) is 12.4. The summed E-state index contributed by atoms with van der Waals surface area (Å²) in [5.74, 6) is 0.0156. The van der Waals surface area contributed by atoms with Crippen LogP contribution in [0.1, 0.15) is 38.7 Å². The highest BCUT2D eigenvalue weighted by molar-refractivity contribution is 6.33. The quantitative estimate of drug-likeness (QED) is 0.918. The van der Waals surface area contributed by atoms with Crippen LogP contribution in [0.15, 0.2) is 18.2 Å². The monoisotopic (exact) mass is 294 g/mol. The van der Waals surface area contributed by atoms with Crippen molar-refractivity contribution in [3.8, 4) is 0 Å². The molecule has 2 atom stereocenters. The molecule has 110 valence electrons. The first kappa shape index (κ1) is 15.3. The van der Waals surface area contributed by atoms with E-state index in [2.05, 4.69) is 24.1 Å². The first-order chi connectivity index (χ1) is 9.49. The van der Waals surface area contributed by atoms with Crippen LogP contribution in [-0.2, 0) is 4.79 Å². The number of nitrogens with one attached hydrogen (secondary N) is 1. The lowest BCUT2D eigenvalue weighted by Gasteiger charge is -2.38. The Kier molecular flexibility index (Phi) is 5.06. The second kappa shape index (κ2) is 6.59. The highest BCUT2D eigenvalue weighted by Crippen LogP contribution is 2.26. The minimum Gasteiger partial charge on any atom is -0.323 e. The molecule has 4 heteroatoms. The zero-order valence-corrected chi connectivity index (χ0v) is 13.2.